The Morgan fingerprint density at radius 3 is 2.95 bits per heavy atom. The van der Waals surface area contributed by atoms with E-state index in [1.165, 1.54) is 6.26 Å². The van der Waals surface area contributed by atoms with E-state index in [0.29, 0.717) is 18.2 Å². The normalized spacial score (nSPS) is 30.8. The van der Waals surface area contributed by atoms with Crippen LogP contribution in [0, 0.1) is 18.3 Å². The Bertz CT molecular complexity index is 550. The Morgan fingerprint density at radius 1 is 1.43 bits per heavy atom. The fourth-order valence-corrected chi connectivity index (χ4v) is 4.31. The number of nitrogens with one attached hydrogen (secondary N) is 1. The van der Waals surface area contributed by atoms with Gasteiger partial charge in [0.25, 0.3) is 5.91 Å². The van der Waals surface area contributed by atoms with Crippen molar-refractivity contribution in [2.45, 2.75) is 25.8 Å². The molecule has 0 aliphatic carbocycles. The fraction of sp³-hybridized carbons (Fsp3) is 0.733. The third kappa shape index (κ3) is 1.92. The number of carbonyl (C=O) groups excluding carboxylic acids is 1. The molecule has 3 saturated heterocycles. The molecule has 4 rings (SSSR count). The molecule has 1 spiro atoms. The summed E-state index contributed by atoms with van der Waals surface area (Å²) in [6.45, 7) is 6.21. The highest BCUT2D eigenvalue weighted by Gasteiger charge is 2.56. The average Bonchev–Trinajstić information content (AvgIpc) is 3.18. The van der Waals surface area contributed by atoms with E-state index in [1.54, 1.807) is 0 Å². The second-order valence-electron chi connectivity index (χ2n) is 6.60. The summed E-state index contributed by atoms with van der Waals surface area (Å²) >= 11 is 0. The fourth-order valence-electron chi connectivity index (χ4n) is 4.31. The van der Waals surface area contributed by atoms with Crippen LogP contribution in [0.4, 0.5) is 0 Å². The van der Waals surface area contributed by atoms with Gasteiger partial charge in [-0.1, -0.05) is 5.16 Å². The van der Waals surface area contributed by atoms with Crippen molar-refractivity contribution in [3.63, 3.8) is 0 Å². The number of hydrogen-bond acceptors (Lipinski definition) is 5. The molecule has 1 aromatic heterocycles. The monoisotopic (exact) mass is 291 g/mol. The summed E-state index contributed by atoms with van der Waals surface area (Å²) in [6.07, 6.45) is 3.78. The minimum atomic E-state index is -0.00263. The lowest BCUT2D eigenvalue weighted by molar-refractivity contribution is 0.0598. The Kier molecular flexibility index (Phi) is 3.04. The third-order valence-electron chi connectivity index (χ3n) is 5.53. The molecule has 0 aromatic carbocycles. The predicted octanol–water partition coefficient (Wildman–Crippen LogP) is 0.824. The van der Waals surface area contributed by atoms with Crippen LogP contribution in [0.3, 0.4) is 0 Å². The van der Waals surface area contributed by atoms with E-state index in [2.05, 4.69) is 10.5 Å². The SMILES string of the molecule is Cc1conc1C(=O)N1CC2(CCNCC2)[C@H]2COC[C@H]21. The van der Waals surface area contributed by atoms with Gasteiger partial charge in [-0.2, -0.15) is 0 Å². The summed E-state index contributed by atoms with van der Waals surface area (Å²) in [4.78, 5) is 14.8. The second-order valence-corrected chi connectivity index (χ2v) is 6.60. The summed E-state index contributed by atoms with van der Waals surface area (Å²) in [6, 6.07) is 0.201. The minimum Gasteiger partial charge on any atom is -0.379 e. The van der Waals surface area contributed by atoms with Gasteiger partial charge in [0.15, 0.2) is 5.69 Å². The van der Waals surface area contributed by atoms with Crippen molar-refractivity contribution in [3.05, 3.63) is 17.5 Å². The average molecular weight is 291 g/mol. The van der Waals surface area contributed by atoms with Crippen molar-refractivity contribution in [2.24, 2.45) is 11.3 Å². The number of piperidine rings is 1. The molecule has 1 N–H and O–H groups in total. The van der Waals surface area contributed by atoms with Crippen LogP contribution in [-0.2, 0) is 4.74 Å². The van der Waals surface area contributed by atoms with Gasteiger partial charge in [0, 0.05) is 18.0 Å². The molecule has 2 atom stereocenters. The number of hydrogen-bond donors (Lipinski definition) is 1. The quantitative estimate of drug-likeness (QED) is 0.830. The number of amides is 1. The van der Waals surface area contributed by atoms with Crippen LogP contribution in [0.25, 0.3) is 0 Å². The largest absolute Gasteiger partial charge is 0.379 e. The van der Waals surface area contributed by atoms with E-state index in [4.69, 9.17) is 9.26 Å². The zero-order chi connectivity index (χ0) is 14.4. The lowest BCUT2D eigenvalue weighted by Crippen LogP contribution is -2.43. The zero-order valence-corrected chi connectivity index (χ0v) is 12.3. The maximum atomic E-state index is 12.8. The molecule has 1 amide bonds. The molecule has 6 nitrogen and oxygen atoms in total. The van der Waals surface area contributed by atoms with E-state index < -0.39 is 0 Å². The summed E-state index contributed by atoms with van der Waals surface area (Å²) in [5, 5.41) is 7.31. The van der Waals surface area contributed by atoms with Gasteiger partial charge in [0.1, 0.15) is 6.26 Å². The second kappa shape index (κ2) is 4.81. The molecule has 0 bridgehead atoms. The summed E-state index contributed by atoms with van der Waals surface area (Å²) < 4.78 is 10.6. The molecule has 3 aliphatic heterocycles. The highest BCUT2D eigenvalue weighted by atomic mass is 16.5. The predicted molar refractivity (Wildman–Crippen MR) is 74.9 cm³/mol. The van der Waals surface area contributed by atoms with Gasteiger partial charge >= 0.3 is 0 Å². The molecular weight excluding hydrogens is 270 g/mol. The molecular formula is C15H21N3O3. The van der Waals surface area contributed by atoms with Crippen molar-refractivity contribution >= 4 is 5.91 Å². The standard InChI is InChI=1S/C15H21N3O3/c1-10-6-21-17-13(10)14(19)18-9-15(2-4-16-5-3-15)11-7-20-8-12(11)18/h6,11-12,16H,2-5,7-9H2,1H3/t11-,12+/m0/s1. The molecule has 0 radical (unpaired) electrons. The van der Waals surface area contributed by atoms with Gasteiger partial charge in [0.05, 0.1) is 19.3 Å². The minimum absolute atomic E-state index is 0.00263. The molecule has 114 valence electrons. The molecule has 3 aliphatic rings. The van der Waals surface area contributed by atoms with Crippen molar-refractivity contribution in [1.82, 2.24) is 15.4 Å². The number of rotatable bonds is 1. The molecule has 0 unspecified atom stereocenters. The Hall–Kier alpha value is -1.40. The highest BCUT2D eigenvalue weighted by Crippen LogP contribution is 2.49. The Morgan fingerprint density at radius 2 is 2.24 bits per heavy atom. The van der Waals surface area contributed by atoms with Gasteiger partial charge in [-0.05, 0) is 38.3 Å². The first kappa shape index (κ1) is 13.3. The molecule has 1 aromatic rings. The molecule has 6 heteroatoms. The number of aromatic nitrogens is 1. The van der Waals surface area contributed by atoms with E-state index in [1.807, 2.05) is 11.8 Å². The molecule has 3 fully saturated rings. The number of aryl methyl sites for hydroxylation is 1. The number of fused-ring (bicyclic) bond motifs is 2. The number of likely N-dealkylation sites (tertiary alicyclic amines) is 1. The third-order valence-corrected chi connectivity index (χ3v) is 5.53. The Labute approximate surface area is 123 Å². The van der Waals surface area contributed by atoms with Crippen LogP contribution < -0.4 is 5.32 Å². The van der Waals surface area contributed by atoms with Gasteiger partial charge in [-0.3, -0.25) is 4.79 Å². The van der Waals surface area contributed by atoms with E-state index in [-0.39, 0.29) is 17.4 Å². The van der Waals surface area contributed by atoms with E-state index in [9.17, 15) is 4.79 Å². The first-order chi connectivity index (χ1) is 10.2. The lowest BCUT2D eigenvalue weighted by atomic mass is 9.70. The van der Waals surface area contributed by atoms with Crippen LogP contribution in [0.2, 0.25) is 0 Å². The van der Waals surface area contributed by atoms with Crippen LogP contribution in [-0.4, -0.2) is 54.9 Å². The first-order valence-electron chi connectivity index (χ1n) is 7.72. The summed E-state index contributed by atoms with van der Waals surface area (Å²) in [5.74, 6) is 0.466. The smallest absolute Gasteiger partial charge is 0.276 e. The van der Waals surface area contributed by atoms with Gasteiger partial charge < -0.3 is 19.5 Å². The number of carbonyl (C=O) groups is 1. The van der Waals surface area contributed by atoms with Gasteiger partial charge in [-0.15, -0.1) is 0 Å². The highest BCUT2D eigenvalue weighted by molar-refractivity contribution is 5.94. The van der Waals surface area contributed by atoms with Crippen molar-refractivity contribution in [1.29, 1.82) is 0 Å². The zero-order valence-electron chi connectivity index (χ0n) is 12.3. The topological polar surface area (TPSA) is 67.6 Å². The molecule has 4 heterocycles. The molecule has 0 saturated carbocycles. The van der Waals surface area contributed by atoms with Crippen molar-refractivity contribution < 1.29 is 14.1 Å². The van der Waals surface area contributed by atoms with E-state index in [0.717, 1.165) is 44.6 Å². The first-order valence-corrected chi connectivity index (χ1v) is 7.72. The maximum Gasteiger partial charge on any atom is 0.276 e. The van der Waals surface area contributed by atoms with Gasteiger partial charge in [0.2, 0.25) is 0 Å². The van der Waals surface area contributed by atoms with Gasteiger partial charge in [-0.25, -0.2) is 0 Å². The van der Waals surface area contributed by atoms with Crippen molar-refractivity contribution in [3.8, 4) is 0 Å². The van der Waals surface area contributed by atoms with Crippen LogP contribution in [0.1, 0.15) is 28.9 Å². The number of ether oxygens (including phenoxy) is 1. The number of nitrogens with zero attached hydrogens (tertiary/aromatic N) is 2. The Balaban J connectivity index is 1.64. The van der Waals surface area contributed by atoms with Crippen LogP contribution >= 0.6 is 0 Å². The maximum absolute atomic E-state index is 12.8. The van der Waals surface area contributed by atoms with Crippen LogP contribution in [0.15, 0.2) is 10.8 Å². The summed E-state index contributed by atoms with van der Waals surface area (Å²) in [7, 11) is 0. The van der Waals surface area contributed by atoms with Crippen molar-refractivity contribution in [2.75, 3.05) is 32.8 Å². The van der Waals surface area contributed by atoms with Crippen LogP contribution in [0.5, 0.6) is 0 Å². The van der Waals surface area contributed by atoms with E-state index >= 15 is 0 Å². The molecule has 21 heavy (non-hydrogen) atoms. The lowest BCUT2D eigenvalue weighted by Gasteiger charge is -2.37. The summed E-state index contributed by atoms with van der Waals surface area (Å²) in [5.41, 5.74) is 1.48.